The van der Waals surface area contributed by atoms with E-state index >= 15 is 0 Å². The Bertz CT molecular complexity index is 714. The lowest BCUT2D eigenvalue weighted by Gasteiger charge is -2.22. The number of hydrogen-bond donors (Lipinski definition) is 1. The zero-order valence-corrected chi connectivity index (χ0v) is 14.0. The molecule has 3 rings (SSSR count). The van der Waals surface area contributed by atoms with Crippen LogP contribution < -0.4 is 10.1 Å². The molecular formula is C17H22N4O3. The number of ether oxygens (including phenoxy) is 2. The van der Waals surface area contributed by atoms with E-state index in [4.69, 9.17) is 9.47 Å². The van der Waals surface area contributed by atoms with E-state index in [1.807, 2.05) is 4.68 Å². The number of fused-ring (bicyclic) bond motifs is 1. The van der Waals surface area contributed by atoms with Gasteiger partial charge in [-0.3, -0.25) is 14.5 Å². The Balaban J connectivity index is 1.74. The number of hydrogen-bond acceptors (Lipinski definition) is 5. The van der Waals surface area contributed by atoms with E-state index in [9.17, 15) is 4.79 Å². The fourth-order valence-corrected chi connectivity index (χ4v) is 2.93. The molecule has 7 nitrogen and oxygen atoms in total. The Morgan fingerprint density at radius 3 is 3.12 bits per heavy atom. The Morgan fingerprint density at radius 2 is 2.33 bits per heavy atom. The highest BCUT2D eigenvalue weighted by molar-refractivity contribution is 5.92. The lowest BCUT2D eigenvalue weighted by atomic mass is 9.93. The largest absolute Gasteiger partial charge is 0.497 e. The molecule has 2 aromatic rings. The van der Waals surface area contributed by atoms with Gasteiger partial charge in [0, 0.05) is 25.6 Å². The lowest BCUT2D eigenvalue weighted by Crippen LogP contribution is -2.31. The average molecular weight is 330 g/mol. The van der Waals surface area contributed by atoms with Gasteiger partial charge in [-0.2, -0.15) is 5.10 Å². The average Bonchev–Trinajstić information content (AvgIpc) is 3.04. The van der Waals surface area contributed by atoms with Gasteiger partial charge in [0.25, 0.3) is 5.91 Å². The third kappa shape index (κ3) is 3.56. The van der Waals surface area contributed by atoms with Crippen LogP contribution in [0.25, 0.3) is 0 Å². The number of pyridine rings is 1. The SMILES string of the molecule is COCCn1cc2c(n1)[C@H](NC(=O)c1cc(OC)ccn1)CCC2. The van der Waals surface area contributed by atoms with Crippen LogP contribution in [-0.4, -0.2) is 41.5 Å². The van der Waals surface area contributed by atoms with Crippen LogP contribution in [0.5, 0.6) is 5.75 Å². The van der Waals surface area contributed by atoms with Crippen LogP contribution in [0.1, 0.15) is 40.6 Å². The molecule has 1 N–H and O–H groups in total. The zero-order valence-electron chi connectivity index (χ0n) is 14.0. The summed E-state index contributed by atoms with van der Waals surface area (Å²) in [6.07, 6.45) is 6.52. The number of carbonyl (C=O) groups excluding carboxylic acids is 1. The van der Waals surface area contributed by atoms with Gasteiger partial charge in [0.05, 0.1) is 32.0 Å². The van der Waals surface area contributed by atoms with Crippen LogP contribution in [0.4, 0.5) is 0 Å². The topological polar surface area (TPSA) is 78.3 Å². The molecule has 7 heteroatoms. The summed E-state index contributed by atoms with van der Waals surface area (Å²) in [6.45, 7) is 1.33. The van der Waals surface area contributed by atoms with E-state index in [-0.39, 0.29) is 11.9 Å². The van der Waals surface area contributed by atoms with E-state index in [0.29, 0.717) is 24.6 Å². The van der Waals surface area contributed by atoms with Gasteiger partial charge in [-0.1, -0.05) is 0 Å². The van der Waals surface area contributed by atoms with Crippen molar-refractivity contribution < 1.29 is 14.3 Å². The maximum Gasteiger partial charge on any atom is 0.270 e. The molecule has 0 aliphatic heterocycles. The molecule has 1 aliphatic rings. The van der Waals surface area contributed by atoms with Crippen molar-refractivity contribution >= 4 is 5.91 Å². The van der Waals surface area contributed by atoms with Gasteiger partial charge in [0.2, 0.25) is 0 Å². The Labute approximate surface area is 141 Å². The summed E-state index contributed by atoms with van der Waals surface area (Å²) in [5.74, 6) is 0.404. The normalized spacial score (nSPS) is 16.5. The number of methoxy groups -OCH3 is 2. The van der Waals surface area contributed by atoms with Crippen molar-refractivity contribution in [1.82, 2.24) is 20.1 Å². The number of amides is 1. The Kier molecular flexibility index (Phi) is 5.10. The van der Waals surface area contributed by atoms with Crippen molar-refractivity contribution in [3.63, 3.8) is 0 Å². The number of aromatic nitrogens is 3. The highest BCUT2D eigenvalue weighted by Crippen LogP contribution is 2.28. The molecule has 128 valence electrons. The van der Waals surface area contributed by atoms with Crippen molar-refractivity contribution in [2.45, 2.75) is 31.8 Å². The molecule has 1 amide bonds. The van der Waals surface area contributed by atoms with Gasteiger partial charge in [-0.25, -0.2) is 0 Å². The standard InChI is InChI=1S/C17H22N4O3/c1-23-9-8-21-11-12-4-3-5-14(16(12)20-21)19-17(22)15-10-13(24-2)6-7-18-15/h6-7,10-11,14H,3-5,8-9H2,1-2H3,(H,19,22)/t14-/m1/s1. The van der Waals surface area contributed by atoms with Gasteiger partial charge in [0.15, 0.2) is 0 Å². The smallest absolute Gasteiger partial charge is 0.270 e. The molecule has 0 radical (unpaired) electrons. The third-order valence-corrected chi connectivity index (χ3v) is 4.17. The van der Waals surface area contributed by atoms with Crippen molar-refractivity contribution in [1.29, 1.82) is 0 Å². The molecule has 0 saturated heterocycles. The quantitative estimate of drug-likeness (QED) is 0.873. The van der Waals surface area contributed by atoms with Gasteiger partial charge in [0.1, 0.15) is 11.4 Å². The summed E-state index contributed by atoms with van der Waals surface area (Å²) in [5.41, 5.74) is 2.50. The Hall–Kier alpha value is -2.41. The molecule has 0 saturated carbocycles. The zero-order chi connectivity index (χ0) is 16.9. The third-order valence-electron chi connectivity index (χ3n) is 4.17. The first-order valence-electron chi connectivity index (χ1n) is 8.07. The van der Waals surface area contributed by atoms with Gasteiger partial charge >= 0.3 is 0 Å². The first-order chi connectivity index (χ1) is 11.7. The highest BCUT2D eigenvalue weighted by Gasteiger charge is 2.26. The molecule has 0 bridgehead atoms. The Morgan fingerprint density at radius 1 is 1.46 bits per heavy atom. The monoisotopic (exact) mass is 330 g/mol. The van der Waals surface area contributed by atoms with Crippen LogP contribution in [0, 0.1) is 0 Å². The first kappa shape index (κ1) is 16.4. The second kappa shape index (κ2) is 7.44. The molecule has 0 fully saturated rings. The summed E-state index contributed by atoms with van der Waals surface area (Å²) in [4.78, 5) is 16.6. The molecule has 24 heavy (non-hydrogen) atoms. The van der Waals surface area contributed by atoms with Crippen LogP contribution in [0.3, 0.4) is 0 Å². The van der Waals surface area contributed by atoms with E-state index in [0.717, 1.165) is 25.0 Å². The van der Waals surface area contributed by atoms with E-state index in [2.05, 4.69) is 21.6 Å². The molecule has 0 aromatic carbocycles. The van der Waals surface area contributed by atoms with Gasteiger partial charge < -0.3 is 14.8 Å². The number of rotatable bonds is 6. The van der Waals surface area contributed by atoms with Crippen LogP contribution >= 0.6 is 0 Å². The summed E-state index contributed by atoms with van der Waals surface area (Å²) in [5, 5.41) is 7.68. The van der Waals surface area contributed by atoms with Crippen LogP contribution in [0.2, 0.25) is 0 Å². The summed E-state index contributed by atoms with van der Waals surface area (Å²) >= 11 is 0. The predicted molar refractivity (Wildman–Crippen MR) is 88.0 cm³/mol. The fourth-order valence-electron chi connectivity index (χ4n) is 2.93. The molecule has 0 spiro atoms. The highest BCUT2D eigenvalue weighted by atomic mass is 16.5. The maximum absolute atomic E-state index is 12.5. The first-order valence-corrected chi connectivity index (χ1v) is 8.07. The number of nitrogens with zero attached hydrogens (tertiary/aromatic N) is 3. The molecule has 2 heterocycles. The van der Waals surface area contributed by atoms with E-state index < -0.39 is 0 Å². The number of aryl methyl sites for hydroxylation is 1. The number of nitrogens with one attached hydrogen (secondary N) is 1. The van der Waals surface area contributed by atoms with Gasteiger partial charge in [-0.05, 0) is 30.9 Å². The molecule has 2 aromatic heterocycles. The molecule has 1 aliphatic carbocycles. The molecule has 0 unspecified atom stereocenters. The summed E-state index contributed by atoms with van der Waals surface area (Å²) < 4.78 is 12.1. The van der Waals surface area contributed by atoms with Crippen molar-refractivity contribution in [3.8, 4) is 5.75 Å². The van der Waals surface area contributed by atoms with E-state index in [1.165, 1.54) is 5.56 Å². The second-order valence-corrected chi connectivity index (χ2v) is 5.79. The predicted octanol–water partition coefficient (Wildman–Crippen LogP) is 1.74. The van der Waals surface area contributed by atoms with Crippen molar-refractivity contribution in [2.24, 2.45) is 0 Å². The minimum Gasteiger partial charge on any atom is -0.497 e. The minimum atomic E-state index is -0.210. The van der Waals surface area contributed by atoms with Crippen LogP contribution in [-0.2, 0) is 17.7 Å². The van der Waals surface area contributed by atoms with Crippen molar-refractivity contribution in [2.75, 3.05) is 20.8 Å². The number of carbonyl (C=O) groups is 1. The molecule has 1 atom stereocenters. The summed E-state index contributed by atoms with van der Waals surface area (Å²) in [6, 6.07) is 3.27. The van der Waals surface area contributed by atoms with Crippen LogP contribution in [0.15, 0.2) is 24.5 Å². The second-order valence-electron chi connectivity index (χ2n) is 5.79. The lowest BCUT2D eigenvalue weighted by molar-refractivity contribution is 0.0926. The summed E-state index contributed by atoms with van der Waals surface area (Å²) in [7, 11) is 3.24. The maximum atomic E-state index is 12.5. The fraction of sp³-hybridized carbons (Fsp3) is 0.471. The minimum absolute atomic E-state index is 0.0851. The molecular weight excluding hydrogens is 308 g/mol. The van der Waals surface area contributed by atoms with E-state index in [1.54, 1.807) is 32.5 Å². The van der Waals surface area contributed by atoms with Gasteiger partial charge in [-0.15, -0.1) is 0 Å². The van der Waals surface area contributed by atoms with Crippen molar-refractivity contribution in [3.05, 3.63) is 41.5 Å².